The molecular weight excluding hydrogens is 333 g/mol. The number of hydrogen-bond donors (Lipinski definition) is 1. The molecule has 2 rings (SSSR count). The standard InChI is InChI=1S/C14H12BrClFNO/c1-18-8-9-4-11(17)7-12(5-9)19-14-6-10(15)2-3-13(14)16/h2-7,18H,8H2,1H3. The normalized spacial score (nSPS) is 10.5. The third-order valence-corrected chi connectivity index (χ3v) is 3.24. The third-order valence-electron chi connectivity index (χ3n) is 2.43. The average Bonchev–Trinajstić information content (AvgIpc) is 2.33. The Labute approximate surface area is 124 Å². The molecule has 0 saturated heterocycles. The maximum absolute atomic E-state index is 13.5. The molecule has 5 heteroatoms. The zero-order chi connectivity index (χ0) is 13.8. The molecule has 19 heavy (non-hydrogen) atoms. The lowest BCUT2D eigenvalue weighted by Crippen LogP contribution is -2.05. The van der Waals surface area contributed by atoms with Crippen molar-refractivity contribution in [2.24, 2.45) is 0 Å². The topological polar surface area (TPSA) is 21.3 Å². The number of rotatable bonds is 4. The second-order valence-electron chi connectivity index (χ2n) is 4.00. The van der Waals surface area contributed by atoms with Crippen LogP contribution in [0.2, 0.25) is 5.02 Å². The van der Waals surface area contributed by atoms with Gasteiger partial charge in [0, 0.05) is 17.1 Å². The first kappa shape index (κ1) is 14.3. The first-order valence-electron chi connectivity index (χ1n) is 5.65. The Kier molecular flexibility index (Phi) is 4.80. The summed E-state index contributed by atoms with van der Waals surface area (Å²) in [6.07, 6.45) is 0. The van der Waals surface area contributed by atoms with E-state index in [0.29, 0.717) is 23.1 Å². The molecule has 2 nitrogen and oxygen atoms in total. The van der Waals surface area contributed by atoms with Crippen LogP contribution in [0.4, 0.5) is 4.39 Å². The van der Waals surface area contributed by atoms with Crippen molar-refractivity contribution in [3.8, 4) is 11.5 Å². The number of nitrogens with one attached hydrogen (secondary N) is 1. The molecule has 2 aromatic rings. The van der Waals surface area contributed by atoms with E-state index in [1.54, 1.807) is 25.2 Å². The molecule has 0 radical (unpaired) electrons. The van der Waals surface area contributed by atoms with E-state index in [-0.39, 0.29) is 5.82 Å². The summed E-state index contributed by atoms with van der Waals surface area (Å²) in [7, 11) is 1.80. The fourth-order valence-electron chi connectivity index (χ4n) is 1.67. The van der Waals surface area contributed by atoms with Gasteiger partial charge in [0.2, 0.25) is 0 Å². The van der Waals surface area contributed by atoms with E-state index in [1.165, 1.54) is 12.1 Å². The van der Waals surface area contributed by atoms with Crippen LogP contribution in [-0.2, 0) is 6.54 Å². The molecule has 0 aliphatic rings. The maximum atomic E-state index is 13.5. The van der Waals surface area contributed by atoms with Crippen LogP contribution in [0.15, 0.2) is 40.9 Å². The molecule has 100 valence electrons. The van der Waals surface area contributed by atoms with E-state index in [0.717, 1.165) is 10.0 Å². The van der Waals surface area contributed by atoms with E-state index >= 15 is 0 Å². The van der Waals surface area contributed by atoms with Crippen molar-refractivity contribution in [2.45, 2.75) is 6.54 Å². The highest BCUT2D eigenvalue weighted by atomic mass is 79.9. The van der Waals surface area contributed by atoms with Gasteiger partial charge in [-0.2, -0.15) is 0 Å². The van der Waals surface area contributed by atoms with Gasteiger partial charge >= 0.3 is 0 Å². The van der Waals surface area contributed by atoms with Gasteiger partial charge in [-0.3, -0.25) is 0 Å². The number of ether oxygens (including phenoxy) is 1. The molecule has 0 heterocycles. The SMILES string of the molecule is CNCc1cc(F)cc(Oc2cc(Br)ccc2Cl)c1. The zero-order valence-corrected chi connectivity index (χ0v) is 12.6. The van der Waals surface area contributed by atoms with Crippen molar-refractivity contribution < 1.29 is 9.13 Å². The largest absolute Gasteiger partial charge is 0.456 e. The van der Waals surface area contributed by atoms with Crippen molar-refractivity contribution in [3.63, 3.8) is 0 Å². The summed E-state index contributed by atoms with van der Waals surface area (Å²) in [5.74, 6) is 0.566. The first-order chi connectivity index (χ1) is 9.08. The fraction of sp³-hybridized carbons (Fsp3) is 0.143. The van der Waals surface area contributed by atoms with Crippen LogP contribution in [0.3, 0.4) is 0 Å². The van der Waals surface area contributed by atoms with E-state index in [4.69, 9.17) is 16.3 Å². The monoisotopic (exact) mass is 343 g/mol. The summed E-state index contributed by atoms with van der Waals surface area (Å²) < 4.78 is 20.0. The number of halogens is 3. The van der Waals surface area contributed by atoms with Crippen LogP contribution in [0, 0.1) is 5.82 Å². The van der Waals surface area contributed by atoms with Gasteiger partial charge in [0.15, 0.2) is 0 Å². The predicted molar refractivity (Wildman–Crippen MR) is 78.4 cm³/mol. The molecule has 0 fully saturated rings. The molecule has 1 N–H and O–H groups in total. The van der Waals surface area contributed by atoms with Crippen LogP contribution in [-0.4, -0.2) is 7.05 Å². The molecular formula is C14H12BrClFNO. The maximum Gasteiger partial charge on any atom is 0.147 e. The Morgan fingerprint density at radius 2 is 2.05 bits per heavy atom. The molecule has 0 saturated carbocycles. The minimum absolute atomic E-state index is 0.339. The van der Waals surface area contributed by atoms with Crippen LogP contribution >= 0.6 is 27.5 Å². The molecule has 2 aromatic carbocycles. The summed E-state index contributed by atoms with van der Waals surface area (Å²) in [4.78, 5) is 0. The van der Waals surface area contributed by atoms with Gasteiger partial charge in [-0.25, -0.2) is 4.39 Å². The van der Waals surface area contributed by atoms with Gasteiger partial charge in [0.25, 0.3) is 0 Å². The Morgan fingerprint density at radius 1 is 1.26 bits per heavy atom. The average molecular weight is 345 g/mol. The van der Waals surface area contributed by atoms with Crippen LogP contribution in [0.5, 0.6) is 11.5 Å². The lowest BCUT2D eigenvalue weighted by Gasteiger charge is -2.10. The summed E-state index contributed by atoms with van der Waals surface area (Å²) in [6.45, 7) is 0.570. The third kappa shape index (κ3) is 3.93. The Hall–Kier alpha value is -1.10. The van der Waals surface area contributed by atoms with Gasteiger partial charge < -0.3 is 10.1 Å². The molecule has 0 spiro atoms. The molecule has 0 aliphatic heterocycles. The highest BCUT2D eigenvalue weighted by Gasteiger charge is 2.06. The highest BCUT2D eigenvalue weighted by molar-refractivity contribution is 9.10. The van der Waals surface area contributed by atoms with Gasteiger partial charge in [0.05, 0.1) is 5.02 Å². The van der Waals surface area contributed by atoms with Crippen molar-refractivity contribution in [3.05, 3.63) is 57.3 Å². The number of benzene rings is 2. The van der Waals surface area contributed by atoms with E-state index in [2.05, 4.69) is 21.2 Å². The quantitative estimate of drug-likeness (QED) is 0.864. The van der Waals surface area contributed by atoms with Crippen molar-refractivity contribution in [1.82, 2.24) is 5.32 Å². The van der Waals surface area contributed by atoms with Gasteiger partial charge in [-0.05, 0) is 42.9 Å². The van der Waals surface area contributed by atoms with Crippen molar-refractivity contribution in [2.75, 3.05) is 7.05 Å². The molecule has 0 aromatic heterocycles. The number of hydrogen-bond acceptors (Lipinski definition) is 2. The molecule has 0 unspecified atom stereocenters. The first-order valence-corrected chi connectivity index (χ1v) is 6.82. The Bertz CT molecular complexity index is 592. The minimum atomic E-state index is -0.339. The van der Waals surface area contributed by atoms with Crippen LogP contribution in [0.25, 0.3) is 0 Å². The molecule has 0 amide bonds. The lowest BCUT2D eigenvalue weighted by molar-refractivity contribution is 0.475. The highest BCUT2D eigenvalue weighted by Crippen LogP contribution is 2.32. The fourth-order valence-corrected chi connectivity index (χ4v) is 2.16. The second kappa shape index (κ2) is 6.37. The predicted octanol–water partition coefficient (Wildman–Crippen LogP) is 4.75. The van der Waals surface area contributed by atoms with Crippen LogP contribution < -0.4 is 10.1 Å². The van der Waals surface area contributed by atoms with Gasteiger partial charge in [0.1, 0.15) is 17.3 Å². The van der Waals surface area contributed by atoms with Crippen molar-refractivity contribution in [1.29, 1.82) is 0 Å². The smallest absolute Gasteiger partial charge is 0.147 e. The van der Waals surface area contributed by atoms with E-state index < -0.39 is 0 Å². The van der Waals surface area contributed by atoms with Gasteiger partial charge in [-0.1, -0.05) is 27.5 Å². The molecule has 0 bridgehead atoms. The summed E-state index contributed by atoms with van der Waals surface area (Å²) in [6, 6.07) is 9.84. The van der Waals surface area contributed by atoms with Crippen molar-refractivity contribution >= 4 is 27.5 Å². The van der Waals surface area contributed by atoms with Gasteiger partial charge in [-0.15, -0.1) is 0 Å². The second-order valence-corrected chi connectivity index (χ2v) is 5.33. The minimum Gasteiger partial charge on any atom is -0.456 e. The van der Waals surface area contributed by atoms with E-state index in [9.17, 15) is 4.39 Å². The van der Waals surface area contributed by atoms with E-state index in [1.807, 2.05) is 6.07 Å². The summed E-state index contributed by atoms with van der Waals surface area (Å²) in [5.41, 5.74) is 0.809. The molecule has 0 atom stereocenters. The Balaban J connectivity index is 2.29. The summed E-state index contributed by atoms with van der Waals surface area (Å²) >= 11 is 9.38. The van der Waals surface area contributed by atoms with Crippen LogP contribution in [0.1, 0.15) is 5.56 Å². The Morgan fingerprint density at radius 3 is 2.79 bits per heavy atom. The lowest BCUT2D eigenvalue weighted by atomic mass is 10.2. The zero-order valence-electron chi connectivity index (χ0n) is 10.2. The summed E-state index contributed by atoms with van der Waals surface area (Å²) in [5, 5.41) is 3.44. The molecule has 0 aliphatic carbocycles.